The highest BCUT2D eigenvalue weighted by Crippen LogP contribution is 2.30. The van der Waals surface area contributed by atoms with Gasteiger partial charge in [-0.05, 0) is 48.9 Å². The van der Waals surface area contributed by atoms with Gasteiger partial charge in [0.1, 0.15) is 4.21 Å². The number of piperidine rings is 1. The lowest BCUT2D eigenvalue weighted by Crippen LogP contribution is -2.45. The van der Waals surface area contributed by atoms with Gasteiger partial charge in [-0.3, -0.25) is 4.79 Å². The van der Waals surface area contributed by atoms with Gasteiger partial charge in [-0.25, -0.2) is 13.4 Å². The van der Waals surface area contributed by atoms with E-state index in [1.165, 1.54) is 27.0 Å². The van der Waals surface area contributed by atoms with Gasteiger partial charge in [-0.2, -0.15) is 4.31 Å². The van der Waals surface area contributed by atoms with Crippen LogP contribution in [-0.4, -0.2) is 36.2 Å². The molecular formula is C19H21N3O3S3. The topological polar surface area (TPSA) is 79.4 Å². The molecule has 148 valence electrons. The summed E-state index contributed by atoms with van der Waals surface area (Å²) in [5, 5.41) is 5.16. The zero-order valence-electron chi connectivity index (χ0n) is 15.4. The van der Waals surface area contributed by atoms with E-state index in [9.17, 15) is 13.2 Å². The van der Waals surface area contributed by atoms with Crippen LogP contribution in [0.1, 0.15) is 31.2 Å². The number of thiophene rings is 1. The molecule has 0 radical (unpaired) electrons. The Morgan fingerprint density at radius 3 is 2.96 bits per heavy atom. The molecule has 2 aromatic heterocycles. The molecule has 6 nitrogen and oxygen atoms in total. The van der Waals surface area contributed by atoms with Crippen LogP contribution in [0.15, 0.2) is 39.9 Å². The Morgan fingerprint density at radius 2 is 2.18 bits per heavy atom. The zero-order valence-corrected chi connectivity index (χ0v) is 17.9. The summed E-state index contributed by atoms with van der Waals surface area (Å²) in [7, 11) is -3.55. The SMILES string of the molecule is Cc1ccc2nc(NC(=O)CC3CCCCN3S(=O)(=O)c3cccs3)sc2c1. The van der Waals surface area contributed by atoms with E-state index >= 15 is 0 Å². The first-order chi connectivity index (χ1) is 13.4. The Labute approximate surface area is 172 Å². The van der Waals surface area contributed by atoms with Crippen molar-refractivity contribution in [2.45, 2.75) is 42.9 Å². The fourth-order valence-electron chi connectivity index (χ4n) is 3.49. The van der Waals surface area contributed by atoms with E-state index in [1.54, 1.807) is 17.5 Å². The minimum atomic E-state index is -3.55. The second kappa shape index (κ2) is 7.90. The number of hydrogen-bond acceptors (Lipinski definition) is 6. The molecule has 1 unspecified atom stereocenters. The Kier molecular flexibility index (Phi) is 5.50. The van der Waals surface area contributed by atoms with Gasteiger partial charge in [-0.15, -0.1) is 11.3 Å². The number of amides is 1. The number of carbonyl (C=O) groups is 1. The predicted molar refractivity (Wildman–Crippen MR) is 113 cm³/mol. The molecule has 0 saturated carbocycles. The van der Waals surface area contributed by atoms with Crippen molar-refractivity contribution in [2.75, 3.05) is 11.9 Å². The molecule has 0 aliphatic carbocycles. The first kappa shape index (κ1) is 19.5. The van der Waals surface area contributed by atoms with Gasteiger partial charge < -0.3 is 5.32 Å². The van der Waals surface area contributed by atoms with Crippen molar-refractivity contribution in [1.82, 2.24) is 9.29 Å². The number of aryl methyl sites for hydroxylation is 1. The van der Waals surface area contributed by atoms with Crippen molar-refractivity contribution in [3.8, 4) is 0 Å². The maximum atomic E-state index is 12.9. The smallest absolute Gasteiger partial charge is 0.252 e. The van der Waals surface area contributed by atoms with Crippen molar-refractivity contribution in [3.63, 3.8) is 0 Å². The van der Waals surface area contributed by atoms with E-state index in [-0.39, 0.29) is 18.4 Å². The number of thiazole rings is 1. The number of sulfonamides is 1. The molecule has 3 heterocycles. The third-order valence-corrected chi connectivity index (χ3v) is 9.10. The Balaban J connectivity index is 1.48. The highest BCUT2D eigenvalue weighted by molar-refractivity contribution is 7.91. The lowest BCUT2D eigenvalue weighted by atomic mass is 10.0. The van der Waals surface area contributed by atoms with Crippen molar-refractivity contribution < 1.29 is 13.2 Å². The molecule has 9 heteroatoms. The molecule has 0 bridgehead atoms. The molecule has 1 N–H and O–H groups in total. The lowest BCUT2D eigenvalue weighted by Gasteiger charge is -2.33. The summed E-state index contributed by atoms with van der Waals surface area (Å²) >= 11 is 2.64. The second-order valence-electron chi connectivity index (χ2n) is 6.94. The van der Waals surface area contributed by atoms with Crippen LogP contribution in [-0.2, 0) is 14.8 Å². The van der Waals surface area contributed by atoms with Crippen LogP contribution < -0.4 is 5.32 Å². The van der Waals surface area contributed by atoms with Crippen molar-refractivity contribution in [2.24, 2.45) is 0 Å². The Morgan fingerprint density at radius 1 is 1.32 bits per heavy atom. The maximum absolute atomic E-state index is 12.9. The summed E-state index contributed by atoms with van der Waals surface area (Å²) in [6.45, 7) is 2.47. The van der Waals surface area contributed by atoms with Gasteiger partial charge in [0, 0.05) is 19.0 Å². The molecule has 0 spiro atoms. The predicted octanol–water partition coefficient (Wildman–Crippen LogP) is 4.24. The molecule has 4 rings (SSSR count). The number of benzene rings is 1. The lowest BCUT2D eigenvalue weighted by molar-refractivity contribution is -0.117. The molecule has 1 aromatic carbocycles. The van der Waals surface area contributed by atoms with E-state index in [1.807, 2.05) is 25.1 Å². The highest BCUT2D eigenvalue weighted by atomic mass is 32.2. The normalized spacial score (nSPS) is 18.4. The average Bonchev–Trinajstić information content (AvgIpc) is 3.31. The molecular weight excluding hydrogens is 414 g/mol. The zero-order chi connectivity index (χ0) is 19.7. The molecule has 1 amide bonds. The molecule has 1 aliphatic rings. The van der Waals surface area contributed by atoms with Crippen LogP contribution >= 0.6 is 22.7 Å². The summed E-state index contributed by atoms with van der Waals surface area (Å²) in [5.41, 5.74) is 2.00. The monoisotopic (exact) mass is 435 g/mol. The highest BCUT2D eigenvalue weighted by Gasteiger charge is 2.35. The maximum Gasteiger partial charge on any atom is 0.252 e. The van der Waals surface area contributed by atoms with Gasteiger partial charge in [0.2, 0.25) is 5.91 Å². The van der Waals surface area contributed by atoms with Crippen molar-refractivity contribution >= 4 is 54.0 Å². The molecule has 28 heavy (non-hydrogen) atoms. The molecule has 3 aromatic rings. The fraction of sp³-hybridized carbons (Fsp3) is 0.368. The number of aromatic nitrogens is 1. The Bertz CT molecular complexity index is 1090. The van der Waals surface area contributed by atoms with Crippen LogP contribution in [0, 0.1) is 6.92 Å². The number of fused-ring (bicyclic) bond motifs is 1. The van der Waals surface area contributed by atoms with Gasteiger partial charge in [0.15, 0.2) is 5.13 Å². The van der Waals surface area contributed by atoms with E-state index in [4.69, 9.17) is 0 Å². The molecule has 1 saturated heterocycles. The standard InChI is InChI=1S/C19H21N3O3S3/c1-13-7-8-15-16(11-13)27-19(20-15)21-17(23)12-14-5-2-3-9-22(14)28(24,25)18-6-4-10-26-18/h4,6-8,10-11,14H,2-3,5,9,12H2,1H3,(H,20,21,23). The quantitative estimate of drug-likeness (QED) is 0.650. The van der Waals surface area contributed by atoms with Crippen LogP contribution in [0.25, 0.3) is 10.2 Å². The number of carbonyl (C=O) groups excluding carboxylic acids is 1. The number of hydrogen-bond donors (Lipinski definition) is 1. The molecule has 1 aliphatic heterocycles. The number of anilines is 1. The van der Waals surface area contributed by atoms with E-state index < -0.39 is 10.0 Å². The summed E-state index contributed by atoms with van der Waals surface area (Å²) in [4.78, 5) is 17.1. The minimum Gasteiger partial charge on any atom is -0.302 e. The molecule has 1 atom stereocenters. The van der Waals surface area contributed by atoms with Crippen LogP contribution in [0.4, 0.5) is 5.13 Å². The summed E-state index contributed by atoms with van der Waals surface area (Å²) in [6.07, 6.45) is 2.57. The summed E-state index contributed by atoms with van der Waals surface area (Å²) in [5.74, 6) is -0.200. The van der Waals surface area contributed by atoms with E-state index in [2.05, 4.69) is 10.3 Å². The van der Waals surface area contributed by atoms with Crippen LogP contribution in [0.3, 0.4) is 0 Å². The number of nitrogens with one attached hydrogen (secondary N) is 1. The average molecular weight is 436 g/mol. The van der Waals surface area contributed by atoms with Crippen LogP contribution in [0.5, 0.6) is 0 Å². The van der Waals surface area contributed by atoms with E-state index in [0.29, 0.717) is 22.3 Å². The van der Waals surface area contributed by atoms with Crippen molar-refractivity contribution in [1.29, 1.82) is 0 Å². The third-order valence-electron chi connectivity index (χ3n) is 4.84. The largest absolute Gasteiger partial charge is 0.302 e. The Hall–Kier alpha value is -1.81. The third kappa shape index (κ3) is 3.98. The van der Waals surface area contributed by atoms with Gasteiger partial charge in [0.05, 0.1) is 10.2 Å². The number of nitrogens with zero attached hydrogens (tertiary/aromatic N) is 2. The van der Waals surface area contributed by atoms with Gasteiger partial charge in [0.25, 0.3) is 10.0 Å². The number of rotatable bonds is 5. The fourth-order valence-corrected chi connectivity index (χ4v) is 7.28. The summed E-state index contributed by atoms with van der Waals surface area (Å²) < 4.78 is 28.7. The van der Waals surface area contributed by atoms with Gasteiger partial charge in [-0.1, -0.05) is 29.9 Å². The molecule has 1 fully saturated rings. The van der Waals surface area contributed by atoms with Crippen molar-refractivity contribution in [3.05, 3.63) is 41.3 Å². The van der Waals surface area contributed by atoms with Gasteiger partial charge >= 0.3 is 0 Å². The minimum absolute atomic E-state index is 0.138. The second-order valence-corrected chi connectivity index (χ2v) is 11.0. The first-order valence-corrected chi connectivity index (χ1v) is 12.3. The summed E-state index contributed by atoms with van der Waals surface area (Å²) in [6, 6.07) is 9.00. The van der Waals surface area contributed by atoms with Crippen LogP contribution in [0.2, 0.25) is 0 Å². The first-order valence-electron chi connectivity index (χ1n) is 9.16. The van der Waals surface area contributed by atoms with E-state index in [0.717, 1.165) is 28.6 Å².